The number of nitrogens with zero attached hydrogens (tertiary/aromatic N) is 5. The monoisotopic (exact) mass is 471 g/mol. The van der Waals surface area contributed by atoms with Gasteiger partial charge in [0.15, 0.2) is 5.13 Å². The molecule has 3 aromatic heterocycles. The molecule has 0 spiro atoms. The standard InChI is InChI=1S/C24H29N5OS.ClH/c1-6-27(7-2)12-13-29(24-26-19-15-16(3)14-17(4)22(19)31-24)23(30)21-18(5)25-20-10-8-9-11-28(20)21;/h8-11,14-15H,6-7,12-13H2,1-5H3;1H. The van der Waals surface area contributed by atoms with Crippen molar-refractivity contribution in [2.24, 2.45) is 0 Å². The largest absolute Gasteiger partial charge is 0.302 e. The molecule has 8 heteroatoms. The van der Waals surface area contributed by atoms with Crippen LogP contribution in [0.1, 0.15) is 41.2 Å². The Hall–Kier alpha value is -2.48. The molecule has 0 bridgehead atoms. The first kappa shape index (κ1) is 24.2. The van der Waals surface area contributed by atoms with Gasteiger partial charge in [-0.3, -0.25) is 14.1 Å². The highest BCUT2D eigenvalue weighted by atomic mass is 35.5. The van der Waals surface area contributed by atoms with E-state index in [0.717, 1.165) is 46.3 Å². The molecule has 0 aliphatic heterocycles. The van der Waals surface area contributed by atoms with Crippen LogP contribution in [0, 0.1) is 20.8 Å². The van der Waals surface area contributed by atoms with E-state index in [4.69, 9.17) is 4.98 Å². The summed E-state index contributed by atoms with van der Waals surface area (Å²) >= 11 is 1.59. The Kier molecular flexibility index (Phi) is 7.54. The maximum Gasteiger partial charge on any atom is 0.279 e. The summed E-state index contributed by atoms with van der Waals surface area (Å²) in [6.07, 6.45) is 1.90. The molecule has 4 rings (SSSR count). The summed E-state index contributed by atoms with van der Waals surface area (Å²) in [5.41, 5.74) is 5.44. The molecule has 4 aromatic rings. The van der Waals surface area contributed by atoms with Crippen molar-refractivity contribution in [2.45, 2.75) is 34.6 Å². The smallest absolute Gasteiger partial charge is 0.279 e. The van der Waals surface area contributed by atoms with E-state index in [9.17, 15) is 4.79 Å². The van der Waals surface area contributed by atoms with Crippen LogP contribution in [0.4, 0.5) is 5.13 Å². The molecule has 1 amide bonds. The van der Waals surface area contributed by atoms with Gasteiger partial charge in [-0.15, -0.1) is 12.4 Å². The van der Waals surface area contributed by atoms with Crippen LogP contribution in [-0.2, 0) is 0 Å². The van der Waals surface area contributed by atoms with Gasteiger partial charge in [-0.1, -0.05) is 37.3 Å². The number of hydrogen-bond acceptors (Lipinski definition) is 5. The molecule has 0 aliphatic rings. The van der Waals surface area contributed by atoms with Gasteiger partial charge >= 0.3 is 0 Å². The molecule has 1 aromatic carbocycles. The van der Waals surface area contributed by atoms with Crippen molar-refractivity contribution >= 4 is 50.6 Å². The van der Waals surface area contributed by atoms with E-state index in [0.29, 0.717) is 12.2 Å². The Morgan fingerprint density at radius 1 is 1.06 bits per heavy atom. The minimum Gasteiger partial charge on any atom is -0.302 e. The van der Waals surface area contributed by atoms with Crippen LogP contribution < -0.4 is 4.90 Å². The van der Waals surface area contributed by atoms with Crippen molar-refractivity contribution in [1.82, 2.24) is 19.3 Å². The summed E-state index contributed by atoms with van der Waals surface area (Å²) in [5, 5.41) is 0.742. The van der Waals surface area contributed by atoms with Crippen LogP contribution in [0.5, 0.6) is 0 Å². The number of fused-ring (bicyclic) bond motifs is 2. The lowest BCUT2D eigenvalue weighted by Gasteiger charge is -2.24. The second-order valence-electron chi connectivity index (χ2n) is 7.88. The quantitative estimate of drug-likeness (QED) is 0.368. The molecule has 0 saturated heterocycles. The van der Waals surface area contributed by atoms with Crippen LogP contribution in [0.15, 0.2) is 36.5 Å². The number of thiazole rings is 1. The van der Waals surface area contributed by atoms with Gasteiger partial charge < -0.3 is 4.90 Å². The topological polar surface area (TPSA) is 53.7 Å². The van der Waals surface area contributed by atoms with Crippen LogP contribution in [0.2, 0.25) is 0 Å². The summed E-state index contributed by atoms with van der Waals surface area (Å²) < 4.78 is 3.02. The minimum atomic E-state index is -0.0585. The van der Waals surface area contributed by atoms with Crippen LogP contribution >= 0.6 is 23.7 Å². The van der Waals surface area contributed by atoms with Gasteiger partial charge in [-0.25, -0.2) is 9.97 Å². The molecule has 6 nitrogen and oxygen atoms in total. The normalized spacial score (nSPS) is 11.3. The lowest BCUT2D eigenvalue weighted by molar-refractivity contribution is 0.0977. The van der Waals surface area contributed by atoms with E-state index in [1.54, 1.807) is 11.3 Å². The number of halogens is 1. The van der Waals surface area contributed by atoms with E-state index in [1.165, 1.54) is 11.1 Å². The van der Waals surface area contributed by atoms with Crippen LogP contribution in [-0.4, -0.2) is 51.4 Å². The Balaban J connectivity index is 0.00000289. The number of carbonyl (C=O) groups excluding carboxylic acids is 1. The molecular weight excluding hydrogens is 442 g/mol. The van der Waals surface area contributed by atoms with Crippen LogP contribution in [0.3, 0.4) is 0 Å². The summed E-state index contributed by atoms with van der Waals surface area (Å²) in [5.74, 6) is -0.0585. The maximum atomic E-state index is 13.9. The zero-order chi connectivity index (χ0) is 22.1. The van der Waals surface area contributed by atoms with Crippen molar-refractivity contribution in [3.63, 3.8) is 0 Å². The second-order valence-corrected chi connectivity index (χ2v) is 8.86. The summed E-state index contributed by atoms with van der Waals surface area (Å²) in [6.45, 7) is 13.7. The number of pyridine rings is 1. The number of amides is 1. The van der Waals surface area contributed by atoms with Gasteiger partial charge in [0, 0.05) is 19.3 Å². The van der Waals surface area contributed by atoms with Gasteiger partial charge in [-0.05, 0) is 63.2 Å². The maximum absolute atomic E-state index is 13.9. The van der Waals surface area contributed by atoms with E-state index >= 15 is 0 Å². The summed E-state index contributed by atoms with van der Waals surface area (Å²) in [4.78, 5) is 27.5. The molecule has 0 fully saturated rings. The Labute approximate surface area is 199 Å². The highest BCUT2D eigenvalue weighted by molar-refractivity contribution is 7.22. The molecular formula is C24H30ClN5OS. The molecule has 0 N–H and O–H groups in total. The van der Waals surface area contributed by atoms with Crippen molar-refractivity contribution in [2.75, 3.05) is 31.1 Å². The molecule has 0 aliphatic carbocycles. The van der Waals surface area contributed by atoms with E-state index in [1.807, 2.05) is 40.6 Å². The third-order valence-electron chi connectivity index (χ3n) is 5.73. The van der Waals surface area contributed by atoms with Crippen molar-refractivity contribution in [3.05, 3.63) is 59.0 Å². The molecule has 0 saturated carbocycles. The third-order valence-corrected chi connectivity index (χ3v) is 6.96. The van der Waals surface area contributed by atoms with Gasteiger partial charge in [0.25, 0.3) is 5.91 Å². The Bertz CT molecular complexity index is 1240. The number of carbonyl (C=O) groups is 1. The number of imidazole rings is 1. The lowest BCUT2D eigenvalue weighted by Crippen LogP contribution is -2.39. The molecule has 0 radical (unpaired) electrons. The van der Waals surface area contributed by atoms with Crippen molar-refractivity contribution in [1.29, 1.82) is 0 Å². The average Bonchev–Trinajstić information content (AvgIpc) is 3.31. The molecule has 0 atom stereocenters. The predicted molar refractivity (Wildman–Crippen MR) is 136 cm³/mol. The molecule has 32 heavy (non-hydrogen) atoms. The van der Waals surface area contributed by atoms with Gasteiger partial charge in [0.05, 0.1) is 15.9 Å². The number of likely N-dealkylation sites (N-methyl/N-ethyl adjacent to an activating group) is 1. The van der Waals surface area contributed by atoms with Gasteiger partial charge in [0.1, 0.15) is 11.3 Å². The molecule has 170 valence electrons. The average molecular weight is 472 g/mol. The highest BCUT2D eigenvalue weighted by Crippen LogP contribution is 2.33. The molecule has 0 unspecified atom stereocenters. The fourth-order valence-corrected chi connectivity index (χ4v) is 5.08. The van der Waals surface area contributed by atoms with E-state index in [2.05, 4.69) is 49.7 Å². The lowest BCUT2D eigenvalue weighted by atomic mass is 10.1. The zero-order valence-electron chi connectivity index (χ0n) is 19.3. The first-order valence-electron chi connectivity index (χ1n) is 10.8. The van der Waals surface area contributed by atoms with E-state index < -0.39 is 0 Å². The van der Waals surface area contributed by atoms with E-state index in [-0.39, 0.29) is 18.3 Å². The molecule has 3 heterocycles. The Morgan fingerprint density at radius 2 is 1.81 bits per heavy atom. The van der Waals surface area contributed by atoms with Crippen LogP contribution in [0.25, 0.3) is 15.9 Å². The second kappa shape index (κ2) is 9.98. The number of benzene rings is 1. The summed E-state index contributed by atoms with van der Waals surface area (Å²) in [7, 11) is 0. The first-order valence-corrected chi connectivity index (χ1v) is 11.6. The fourth-order valence-electron chi connectivity index (χ4n) is 4.04. The van der Waals surface area contributed by atoms with Crippen molar-refractivity contribution in [3.8, 4) is 0 Å². The summed E-state index contributed by atoms with van der Waals surface area (Å²) in [6, 6.07) is 10.0. The number of hydrogen-bond donors (Lipinski definition) is 0. The van der Waals surface area contributed by atoms with Gasteiger partial charge in [-0.2, -0.15) is 0 Å². The third kappa shape index (κ3) is 4.51. The highest BCUT2D eigenvalue weighted by Gasteiger charge is 2.26. The zero-order valence-corrected chi connectivity index (χ0v) is 20.9. The number of anilines is 1. The minimum absolute atomic E-state index is 0. The Morgan fingerprint density at radius 3 is 2.53 bits per heavy atom. The van der Waals surface area contributed by atoms with Gasteiger partial charge in [0.2, 0.25) is 0 Å². The number of aromatic nitrogens is 3. The first-order chi connectivity index (χ1) is 14.9. The SMILES string of the molecule is CCN(CC)CCN(C(=O)c1c(C)nc2ccccn12)c1nc2cc(C)cc(C)c2s1.Cl. The predicted octanol–water partition coefficient (Wildman–Crippen LogP) is 5.28. The number of aryl methyl sites for hydroxylation is 3. The fraction of sp³-hybridized carbons (Fsp3) is 0.375. The van der Waals surface area contributed by atoms with Crippen molar-refractivity contribution < 1.29 is 4.79 Å². The number of rotatable bonds is 7.